The number of unbranched alkanes of at least 4 members (excludes halogenated alkanes) is 1. The Kier molecular flexibility index (Phi) is 5.15. The maximum absolute atomic E-state index is 13.0. The number of para-hydroxylation sites is 2. The van der Waals surface area contributed by atoms with Crippen LogP contribution in [-0.4, -0.2) is 58.3 Å². The zero-order chi connectivity index (χ0) is 22.4. The van der Waals surface area contributed by atoms with E-state index in [1.807, 2.05) is 18.2 Å². The molecule has 1 atom stereocenters. The molecule has 0 spiro atoms. The van der Waals surface area contributed by atoms with Gasteiger partial charge in [-0.3, -0.25) is 19.2 Å². The fraction of sp³-hybridized carbons (Fsp3) is 0.375. The maximum Gasteiger partial charge on any atom is 0.328 e. The highest BCUT2D eigenvalue weighted by atomic mass is 32.1. The number of aromatic amines is 1. The lowest BCUT2D eigenvalue weighted by Gasteiger charge is -2.45. The first-order chi connectivity index (χ1) is 16.2. The van der Waals surface area contributed by atoms with E-state index in [2.05, 4.69) is 31.9 Å². The predicted molar refractivity (Wildman–Crippen MR) is 131 cm³/mol. The molecule has 0 saturated carbocycles. The second-order valence-electron chi connectivity index (χ2n) is 8.70. The molecule has 4 aromatic rings. The van der Waals surface area contributed by atoms with Gasteiger partial charge in [0.05, 0.1) is 17.2 Å². The van der Waals surface area contributed by atoms with Crippen molar-refractivity contribution < 1.29 is 4.74 Å². The molecule has 8 nitrogen and oxygen atoms in total. The first kappa shape index (κ1) is 20.4. The predicted octanol–water partition coefficient (Wildman–Crippen LogP) is 2.66. The Bertz CT molecular complexity index is 1440. The molecule has 2 aliphatic rings. The summed E-state index contributed by atoms with van der Waals surface area (Å²) in [5, 5.41) is 0.826. The van der Waals surface area contributed by atoms with Gasteiger partial charge in [-0.15, -0.1) is 11.3 Å². The van der Waals surface area contributed by atoms with Crippen molar-refractivity contribution in [2.75, 3.05) is 37.7 Å². The molecular weight excluding hydrogens is 438 g/mol. The van der Waals surface area contributed by atoms with Crippen LogP contribution in [0.2, 0.25) is 0 Å². The standard InChI is InChI=1S/C24H25N5O3S/c30-23-22-21(17-13-25-8-7-20(17)33-22)26-24(31)29(23)10-4-3-9-27-11-12-28-16(14-27)15-32-19-6-2-1-5-18(19)28/h1-2,5-8,13,16H,3-4,9-12,14-15H2,(H,26,31). The van der Waals surface area contributed by atoms with Crippen LogP contribution in [0.25, 0.3) is 20.3 Å². The average molecular weight is 464 g/mol. The van der Waals surface area contributed by atoms with E-state index >= 15 is 0 Å². The van der Waals surface area contributed by atoms with E-state index in [0.29, 0.717) is 29.4 Å². The van der Waals surface area contributed by atoms with E-state index in [4.69, 9.17) is 4.74 Å². The van der Waals surface area contributed by atoms with E-state index in [0.717, 1.165) is 54.9 Å². The van der Waals surface area contributed by atoms with Gasteiger partial charge in [-0.05, 0) is 37.6 Å². The molecule has 1 aromatic carbocycles. The molecule has 3 aromatic heterocycles. The number of ether oxygens (including phenoxy) is 1. The number of hydrogen-bond acceptors (Lipinski definition) is 7. The Labute approximate surface area is 194 Å². The molecule has 6 rings (SSSR count). The van der Waals surface area contributed by atoms with Crippen molar-refractivity contribution in [2.45, 2.75) is 25.4 Å². The highest BCUT2D eigenvalue weighted by Gasteiger charge is 2.32. The molecule has 0 aliphatic carbocycles. The van der Waals surface area contributed by atoms with Gasteiger partial charge in [-0.25, -0.2) is 4.79 Å². The van der Waals surface area contributed by atoms with Crippen LogP contribution in [0.4, 0.5) is 5.69 Å². The van der Waals surface area contributed by atoms with Crippen LogP contribution < -0.4 is 20.9 Å². The molecule has 9 heteroatoms. The van der Waals surface area contributed by atoms with Crippen LogP contribution in [0.5, 0.6) is 5.75 Å². The van der Waals surface area contributed by atoms with Crippen LogP contribution in [0.15, 0.2) is 52.3 Å². The number of rotatable bonds is 5. The lowest BCUT2D eigenvalue weighted by atomic mass is 10.1. The van der Waals surface area contributed by atoms with Crippen molar-refractivity contribution in [3.8, 4) is 5.75 Å². The summed E-state index contributed by atoms with van der Waals surface area (Å²) in [4.78, 5) is 37.5. The molecule has 0 bridgehead atoms. The summed E-state index contributed by atoms with van der Waals surface area (Å²) < 4.78 is 8.85. The highest BCUT2D eigenvalue weighted by molar-refractivity contribution is 7.25. The number of nitrogens with zero attached hydrogens (tertiary/aromatic N) is 4. The summed E-state index contributed by atoms with van der Waals surface area (Å²) in [6.45, 7) is 5.06. The lowest BCUT2D eigenvalue weighted by molar-refractivity contribution is 0.165. The second kappa shape index (κ2) is 8.31. The van der Waals surface area contributed by atoms with Gasteiger partial charge >= 0.3 is 5.69 Å². The minimum absolute atomic E-state index is 0.207. The van der Waals surface area contributed by atoms with E-state index < -0.39 is 0 Å². The number of hydrogen-bond donors (Lipinski definition) is 1. The first-order valence-corrected chi connectivity index (χ1v) is 12.2. The smallest absolute Gasteiger partial charge is 0.328 e. The maximum atomic E-state index is 13.0. The average Bonchev–Trinajstić information content (AvgIpc) is 3.22. The SMILES string of the molecule is O=c1[nH]c2c(sc3ccncc32)c(=O)n1CCCCN1CCN2c3ccccc3OCC2C1. The Balaban J connectivity index is 1.09. The minimum Gasteiger partial charge on any atom is -0.489 e. The summed E-state index contributed by atoms with van der Waals surface area (Å²) in [5.74, 6) is 0.977. The third-order valence-electron chi connectivity index (χ3n) is 6.68. The number of piperazine rings is 1. The molecule has 1 N–H and O–H groups in total. The van der Waals surface area contributed by atoms with Gasteiger partial charge < -0.3 is 14.6 Å². The molecule has 1 saturated heterocycles. The van der Waals surface area contributed by atoms with Gasteiger partial charge in [-0.2, -0.15) is 0 Å². The fourth-order valence-corrected chi connectivity index (χ4v) is 6.07. The quantitative estimate of drug-likeness (QED) is 0.458. The molecule has 5 heterocycles. The number of pyridine rings is 1. The Hall–Kier alpha value is -3.17. The van der Waals surface area contributed by atoms with E-state index in [9.17, 15) is 9.59 Å². The summed E-state index contributed by atoms with van der Waals surface area (Å²) >= 11 is 1.41. The Morgan fingerprint density at radius 1 is 1.12 bits per heavy atom. The summed E-state index contributed by atoms with van der Waals surface area (Å²) in [5.41, 5.74) is 1.24. The minimum atomic E-state index is -0.345. The normalized spacial score (nSPS) is 18.3. The van der Waals surface area contributed by atoms with Crippen LogP contribution in [0.3, 0.4) is 0 Å². The summed E-state index contributed by atoms with van der Waals surface area (Å²) in [6.07, 6.45) is 5.12. The lowest BCUT2D eigenvalue weighted by Crippen LogP contribution is -2.57. The van der Waals surface area contributed by atoms with Crippen molar-refractivity contribution in [3.63, 3.8) is 0 Å². The molecule has 1 fully saturated rings. The number of thiophene rings is 1. The topological polar surface area (TPSA) is 83.5 Å². The van der Waals surface area contributed by atoms with Crippen LogP contribution >= 0.6 is 11.3 Å². The molecule has 0 radical (unpaired) electrons. The first-order valence-electron chi connectivity index (χ1n) is 11.4. The molecule has 33 heavy (non-hydrogen) atoms. The number of aromatic nitrogens is 3. The van der Waals surface area contributed by atoms with Crippen molar-refractivity contribution in [2.24, 2.45) is 0 Å². The number of fused-ring (bicyclic) bond motifs is 6. The Morgan fingerprint density at radius 3 is 2.94 bits per heavy atom. The zero-order valence-electron chi connectivity index (χ0n) is 18.2. The summed E-state index contributed by atoms with van der Waals surface area (Å²) in [7, 11) is 0. The van der Waals surface area contributed by atoms with Gasteiger partial charge in [0.15, 0.2) is 0 Å². The highest BCUT2D eigenvalue weighted by Crippen LogP contribution is 2.34. The zero-order valence-corrected chi connectivity index (χ0v) is 19.0. The van der Waals surface area contributed by atoms with Gasteiger partial charge in [-0.1, -0.05) is 12.1 Å². The number of benzene rings is 1. The molecule has 1 unspecified atom stereocenters. The van der Waals surface area contributed by atoms with Gasteiger partial charge in [0, 0.05) is 48.7 Å². The van der Waals surface area contributed by atoms with Crippen LogP contribution in [0, 0.1) is 0 Å². The number of nitrogens with one attached hydrogen (secondary N) is 1. The molecule has 2 aliphatic heterocycles. The van der Waals surface area contributed by atoms with E-state index in [-0.39, 0.29) is 11.2 Å². The van der Waals surface area contributed by atoms with E-state index in [1.165, 1.54) is 21.6 Å². The van der Waals surface area contributed by atoms with Crippen molar-refractivity contribution in [3.05, 3.63) is 63.6 Å². The van der Waals surface area contributed by atoms with Gasteiger partial charge in [0.2, 0.25) is 0 Å². The second-order valence-corrected chi connectivity index (χ2v) is 9.75. The number of H-pyrrole nitrogens is 1. The monoisotopic (exact) mass is 463 g/mol. The van der Waals surface area contributed by atoms with Crippen molar-refractivity contribution in [1.29, 1.82) is 0 Å². The number of anilines is 1. The molecule has 0 amide bonds. The van der Waals surface area contributed by atoms with Gasteiger partial charge in [0.25, 0.3) is 5.56 Å². The molecular formula is C24H25N5O3S. The third-order valence-corrected chi connectivity index (χ3v) is 7.84. The van der Waals surface area contributed by atoms with E-state index in [1.54, 1.807) is 12.4 Å². The fourth-order valence-electron chi connectivity index (χ4n) is 5.00. The van der Waals surface area contributed by atoms with Crippen molar-refractivity contribution >= 4 is 37.3 Å². The van der Waals surface area contributed by atoms with Crippen LogP contribution in [-0.2, 0) is 6.54 Å². The molecule has 170 valence electrons. The summed E-state index contributed by atoms with van der Waals surface area (Å²) in [6, 6.07) is 10.5. The van der Waals surface area contributed by atoms with Crippen LogP contribution in [0.1, 0.15) is 12.8 Å². The van der Waals surface area contributed by atoms with Crippen molar-refractivity contribution in [1.82, 2.24) is 19.4 Å². The van der Waals surface area contributed by atoms with Gasteiger partial charge in [0.1, 0.15) is 17.1 Å². The Morgan fingerprint density at radius 2 is 2.00 bits per heavy atom. The largest absolute Gasteiger partial charge is 0.489 e. The third kappa shape index (κ3) is 3.61.